The van der Waals surface area contributed by atoms with Gasteiger partial charge in [0.1, 0.15) is 0 Å². The lowest BCUT2D eigenvalue weighted by atomic mass is 10.1. The minimum Gasteiger partial charge on any atom is -0.366 e. The Hall–Kier alpha value is -1.35. The summed E-state index contributed by atoms with van der Waals surface area (Å²) in [6.45, 7) is 2.95. The Balaban J connectivity index is 2.03. The van der Waals surface area contributed by atoms with Crippen molar-refractivity contribution in [1.29, 1.82) is 0 Å². The molecule has 0 aliphatic heterocycles. The summed E-state index contributed by atoms with van der Waals surface area (Å²) in [5.41, 5.74) is 6.91. The van der Waals surface area contributed by atoms with Crippen LogP contribution >= 0.6 is 0 Å². The standard InChI is InChI=1S/C12H16N2O/c1-8-6-11(8)14-7-9-4-2-3-5-10(9)12(13)15/h2-5,8,11,14H,6-7H2,1H3,(H2,13,15). The summed E-state index contributed by atoms with van der Waals surface area (Å²) in [7, 11) is 0. The fourth-order valence-electron chi connectivity index (χ4n) is 1.76. The molecule has 1 fully saturated rings. The van der Waals surface area contributed by atoms with Gasteiger partial charge in [0.25, 0.3) is 0 Å². The molecule has 0 saturated heterocycles. The maximum Gasteiger partial charge on any atom is 0.249 e. The summed E-state index contributed by atoms with van der Waals surface area (Å²) in [5, 5.41) is 3.41. The summed E-state index contributed by atoms with van der Waals surface area (Å²) >= 11 is 0. The van der Waals surface area contributed by atoms with Gasteiger partial charge in [0.15, 0.2) is 0 Å². The molecule has 1 amide bonds. The molecule has 0 heterocycles. The monoisotopic (exact) mass is 204 g/mol. The van der Waals surface area contributed by atoms with Gasteiger partial charge in [-0.2, -0.15) is 0 Å². The van der Waals surface area contributed by atoms with Crippen molar-refractivity contribution in [2.75, 3.05) is 0 Å². The third-order valence-electron chi connectivity index (χ3n) is 2.95. The van der Waals surface area contributed by atoms with Crippen molar-refractivity contribution in [1.82, 2.24) is 5.32 Å². The third kappa shape index (κ3) is 2.36. The van der Waals surface area contributed by atoms with Crippen LogP contribution in [0.5, 0.6) is 0 Å². The zero-order valence-electron chi connectivity index (χ0n) is 8.86. The molecule has 1 aromatic carbocycles. The van der Waals surface area contributed by atoms with E-state index in [0.29, 0.717) is 11.6 Å². The highest BCUT2D eigenvalue weighted by Gasteiger charge is 2.31. The fourth-order valence-corrected chi connectivity index (χ4v) is 1.76. The Morgan fingerprint density at radius 3 is 2.80 bits per heavy atom. The van der Waals surface area contributed by atoms with Gasteiger partial charge in [-0.05, 0) is 24.0 Å². The molecule has 1 saturated carbocycles. The number of primary amides is 1. The van der Waals surface area contributed by atoms with Crippen LogP contribution in [0.1, 0.15) is 29.3 Å². The summed E-state index contributed by atoms with van der Waals surface area (Å²) in [5.74, 6) is 0.419. The number of hydrogen-bond donors (Lipinski definition) is 2. The average molecular weight is 204 g/mol. The first kappa shape index (κ1) is 10.2. The first-order valence-corrected chi connectivity index (χ1v) is 5.29. The molecule has 15 heavy (non-hydrogen) atoms. The molecule has 3 heteroatoms. The Morgan fingerprint density at radius 2 is 2.20 bits per heavy atom. The SMILES string of the molecule is CC1CC1NCc1ccccc1C(N)=O. The van der Waals surface area contributed by atoms with E-state index in [1.807, 2.05) is 18.2 Å². The number of amides is 1. The highest BCUT2D eigenvalue weighted by Crippen LogP contribution is 2.29. The van der Waals surface area contributed by atoms with Crippen LogP contribution in [0, 0.1) is 5.92 Å². The normalized spacial score (nSPS) is 23.8. The van der Waals surface area contributed by atoms with Gasteiger partial charge in [-0.25, -0.2) is 0 Å². The van der Waals surface area contributed by atoms with Gasteiger partial charge in [0.2, 0.25) is 5.91 Å². The third-order valence-corrected chi connectivity index (χ3v) is 2.95. The fraction of sp³-hybridized carbons (Fsp3) is 0.417. The quantitative estimate of drug-likeness (QED) is 0.776. The van der Waals surface area contributed by atoms with Crippen molar-refractivity contribution in [3.63, 3.8) is 0 Å². The molecule has 0 spiro atoms. The van der Waals surface area contributed by atoms with Crippen LogP contribution in [0.2, 0.25) is 0 Å². The molecule has 80 valence electrons. The first-order chi connectivity index (χ1) is 7.18. The maximum atomic E-state index is 11.1. The van der Waals surface area contributed by atoms with Gasteiger partial charge in [0, 0.05) is 18.2 Å². The maximum absolute atomic E-state index is 11.1. The molecule has 0 aromatic heterocycles. The molecular weight excluding hydrogens is 188 g/mol. The van der Waals surface area contributed by atoms with Crippen LogP contribution < -0.4 is 11.1 Å². The number of benzene rings is 1. The summed E-state index contributed by atoms with van der Waals surface area (Å²) in [6.07, 6.45) is 1.23. The zero-order valence-corrected chi connectivity index (χ0v) is 8.86. The first-order valence-electron chi connectivity index (χ1n) is 5.29. The Kier molecular flexibility index (Phi) is 2.73. The van der Waals surface area contributed by atoms with Crippen LogP contribution in [0.4, 0.5) is 0 Å². The van der Waals surface area contributed by atoms with E-state index in [-0.39, 0.29) is 5.91 Å². The van der Waals surface area contributed by atoms with E-state index in [1.54, 1.807) is 6.07 Å². The van der Waals surface area contributed by atoms with E-state index >= 15 is 0 Å². The highest BCUT2D eigenvalue weighted by atomic mass is 16.1. The highest BCUT2D eigenvalue weighted by molar-refractivity contribution is 5.94. The van der Waals surface area contributed by atoms with Crippen molar-refractivity contribution >= 4 is 5.91 Å². The van der Waals surface area contributed by atoms with Crippen molar-refractivity contribution in [2.24, 2.45) is 11.7 Å². The van der Waals surface area contributed by atoms with Crippen molar-refractivity contribution < 1.29 is 4.79 Å². The Labute approximate surface area is 89.7 Å². The second-order valence-corrected chi connectivity index (χ2v) is 4.22. The second kappa shape index (κ2) is 4.03. The van der Waals surface area contributed by atoms with Crippen LogP contribution in [0.25, 0.3) is 0 Å². The molecule has 2 atom stereocenters. The smallest absolute Gasteiger partial charge is 0.249 e. The van der Waals surface area contributed by atoms with E-state index in [0.717, 1.165) is 18.0 Å². The molecule has 1 aliphatic carbocycles. The Bertz CT molecular complexity index is 376. The lowest BCUT2D eigenvalue weighted by molar-refractivity contribution is 0.0999. The minimum atomic E-state index is -0.351. The largest absolute Gasteiger partial charge is 0.366 e. The van der Waals surface area contributed by atoms with Crippen LogP contribution in [0.15, 0.2) is 24.3 Å². The van der Waals surface area contributed by atoms with Gasteiger partial charge in [-0.1, -0.05) is 25.1 Å². The number of rotatable bonds is 4. The topological polar surface area (TPSA) is 55.1 Å². The molecule has 1 aromatic rings. The van der Waals surface area contributed by atoms with E-state index in [9.17, 15) is 4.79 Å². The van der Waals surface area contributed by atoms with Crippen LogP contribution in [-0.4, -0.2) is 11.9 Å². The van der Waals surface area contributed by atoms with Gasteiger partial charge < -0.3 is 11.1 Å². The number of hydrogen-bond acceptors (Lipinski definition) is 2. The molecule has 2 rings (SSSR count). The van der Waals surface area contributed by atoms with E-state index in [2.05, 4.69) is 12.2 Å². The summed E-state index contributed by atoms with van der Waals surface area (Å²) < 4.78 is 0. The van der Waals surface area contributed by atoms with Crippen LogP contribution in [-0.2, 0) is 6.54 Å². The minimum absolute atomic E-state index is 0.351. The molecule has 3 N–H and O–H groups in total. The second-order valence-electron chi connectivity index (χ2n) is 4.22. The molecule has 2 unspecified atom stereocenters. The lowest BCUT2D eigenvalue weighted by Crippen LogP contribution is -2.21. The number of carbonyl (C=O) groups is 1. The predicted octanol–water partition coefficient (Wildman–Crippen LogP) is 1.28. The number of nitrogens with two attached hydrogens (primary N) is 1. The van der Waals surface area contributed by atoms with Gasteiger partial charge in [-0.15, -0.1) is 0 Å². The zero-order chi connectivity index (χ0) is 10.8. The predicted molar refractivity (Wildman–Crippen MR) is 59.4 cm³/mol. The van der Waals surface area contributed by atoms with E-state index in [1.165, 1.54) is 6.42 Å². The molecule has 1 aliphatic rings. The average Bonchev–Trinajstić information content (AvgIpc) is 2.92. The summed E-state index contributed by atoms with van der Waals surface area (Å²) in [4.78, 5) is 11.1. The number of nitrogens with one attached hydrogen (secondary N) is 1. The molecular formula is C12H16N2O. The van der Waals surface area contributed by atoms with Gasteiger partial charge in [-0.3, -0.25) is 4.79 Å². The lowest BCUT2D eigenvalue weighted by Gasteiger charge is -2.07. The summed E-state index contributed by atoms with van der Waals surface area (Å²) in [6, 6.07) is 8.10. The van der Waals surface area contributed by atoms with Crippen molar-refractivity contribution in [2.45, 2.75) is 25.9 Å². The van der Waals surface area contributed by atoms with Gasteiger partial charge in [0.05, 0.1) is 0 Å². The van der Waals surface area contributed by atoms with Crippen LogP contribution in [0.3, 0.4) is 0 Å². The van der Waals surface area contributed by atoms with E-state index in [4.69, 9.17) is 5.73 Å². The number of carbonyl (C=O) groups excluding carboxylic acids is 1. The molecule has 0 bridgehead atoms. The Morgan fingerprint density at radius 1 is 1.53 bits per heavy atom. The van der Waals surface area contributed by atoms with Crippen molar-refractivity contribution in [3.8, 4) is 0 Å². The van der Waals surface area contributed by atoms with E-state index < -0.39 is 0 Å². The molecule has 0 radical (unpaired) electrons. The van der Waals surface area contributed by atoms with Crippen molar-refractivity contribution in [3.05, 3.63) is 35.4 Å². The van der Waals surface area contributed by atoms with Gasteiger partial charge >= 0.3 is 0 Å². The molecule has 3 nitrogen and oxygen atoms in total.